The maximum absolute atomic E-state index is 10.3. The topological polar surface area (TPSA) is 326 Å². The molecule has 17 rings (SSSR count). The van der Waals surface area contributed by atoms with Gasteiger partial charge in [-0.15, -0.1) is 0 Å². The number of rotatable bonds is 30. The molecule has 9 heterocycles. The van der Waals surface area contributed by atoms with Crippen LogP contribution in [0.2, 0.25) is 0 Å². The fourth-order valence-corrected chi connectivity index (χ4v) is 17.1. The number of aliphatic hydroxyl groups is 2. The highest BCUT2D eigenvalue weighted by Crippen LogP contribution is 2.52. The van der Waals surface area contributed by atoms with E-state index in [0.29, 0.717) is 57.1 Å². The third-order valence-electron chi connectivity index (χ3n) is 24.6. The van der Waals surface area contributed by atoms with Crippen molar-refractivity contribution in [3.8, 4) is 139 Å². The van der Waals surface area contributed by atoms with Crippen LogP contribution in [0.15, 0.2) is 158 Å². The summed E-state index contributed by atoms with van der Waals surface area (Å²) in [6.07, 6.45) is 0. The SMILES string of the molecule is CC(C)c1cccc(C(C)C)c1Oc1nc2c(nc1Oc1c(C(C)C)cccc1C(C)C)-c1nc-2nc2[nH]c(nc3nc(nc4[nH]c(n1)c1nc(Oc5c(C(C)C)cccc5C(C)C)c(Oc5c(C(C)C)cccc5C(C)C)nc41)-c1nc(Oc4ccc(CO)cc4)c(Oc4ccc(CO)cc4)nc1-3)c1nc(Oc3c(C(C)C)cccc3C(C)C)c(Oc3c(C(C)C)cccc3C(C)C)nc21. The molecule has 0 amide bonds. The zero-order valence-corrected chi connectivity index (χ0v) is 81.8. The molecule has 15 aromatic rings. The molecule has 2 aliphatic heterocycles. The number of aromatic amines is 2. The predicted octanol–water partition coefficient (Wildman–Crippen LogP) is 28.8. The molecule has 0 aliphatic carbocycles. The first kappa shape index (κ1) is 93.6. The number of H-pyrrole nitrogens is 2. The summed E-state index contributed by atoms with van der Waals surface area (Å²) in [7, 11) is 0. The van der Waals surface area contributed by atoms with Gasteiger partial charge >= 0.3 is 0 Å². The smallest absolute Gasteiger partial charge is 0.284 e. The van der Waals surface area contributed by atoms with Crippen LogP contribution in [0.25, 0.3) is 90.7 Å². The summed E-state index contributed by atoms with van der Waals surface area (Å²) in [6.45, 7) is 50.7. The van der Waals surface area contributed by atoms with E-state index >= 15 is 0 Å². The molecule has 698 valence electrons. The zero-order valence-electron chi connectivity index (χ0n) is 81.8. The highest BCUT2D eigenvalue weighted by atomic mass is 16.6. The van der Waals surface area contributed by atoms with Gasteiger partial charge in [0.05, 0.1) is 13.2 Å². The molecular weight excluding hydrogens is 1710 g/mol. The standard InChI is InChI=1S/C110H118N16O10/c1-53(2)69-31-25-32-70(54(3)4)89(69)131-105-107(133-91-73(57(9)10)35-27-36-74(91)58(11)12)115-85-83(113-105)97-120-95-81-82(112-104(130-68-49-45-66(52-128)46-50-68)103(111-81)129-67-47-43-65(51-127)44-48-67)96(119-95)121-98-84-86(116-108(134-92-75(59(13)14)37-28-38-76(92)60(15)16)106(114-84)132-90-71(55(5)6)33-26-34-72(90)56(7)8)100(123-98)125-102-88-87(101(126-102)124-99(85)122-97)117-109(135-93-77(61(17)18)39-29-40-78(93)62(19)20)110(118-88)136-94-79(63(21)22)41-30-42-80(94)64(23)24/h25-50,53-64,127-128H,51-52H2,1-24H3,(H2,119,120,121,122,123,124,125,126). The second-order valence-electron chi connectivity index (χ2n) is 38.6. The number of nitrogens with zero attached hydrogens (tertiary/aromatic N) is 14. The Balaban J connectivity index is 1.06. The summed E-state index contributed by atoms with van der Waals surface area (Å²) in [4.78, 5) is 85.0. The molecule has 7 aromatic heterocycles. The van der Waals surface area contributed by atoms with Crippen LogP contribution in [0.4, 0.5) is 0 Å². The molecule has 0 unspecified atom stereocenters. The first-order valence-corrected chi connectivity index (χ1v) is 47.3. The minimum absolute atomic E-state index is 0.00117. The van der Waals surface area contributed by atoms with Crippen molar-refractivity contribution in [3.63, 3.8) is 0 Å². The van der Waals surface area contributed by atoms with Gasteiger partial charge in [-0.1, -0.05) is 300 Å². The number of hydrogen-bond donors (Lipinski definition) is 4. The minimum Gasteiger partial charge on any atom is -0.435 e. The summed E-state index contributed by atoms with van der Waals surface area (Å²) in [5.41, 5.74) is 13.5. The number of ether oxygens (including phenoxy) is 8. The first-order chi connectivity index (χ1) is 65.2. The summed E-state index contributed by atoms with van der Waals surface area (Å²) in [5, 5.41) is 20.6. The van der Waals surface area contributed by atoms with Crippen LogP contribution in [0.1, 0.15) is 315 Å². The van der Waals surface area contributed by atoms with Crippen LogP contribution in [0, 0.1) is 0 Å². The highest BCUT2D eigenvalue weighted by Gasteiger charge is 2.36. The van der Waals surface area contributed by atoms with Crippen molar-refractivity contribution in [1.82, 2.24) is 79.7 Å². The lowest BCUT2D eigenvalue weighted by atomic mass is 9.94. The van der Waals surface area contributed by atoms with Crippen molar-refractivity contribution in [2.45, 2.75) is 250 Å². The van der Waals surface area contributed by atoms with E-state index in [1.54, 1.807) is 48.5 Å². The van der Waals surface area contributed by atoms with Crippen LogP contribution in [0.3, 0.4) is 0 Å². The monoisotopic (exact) mass is 1820 g/mol. The lowest BCUT2D eigenvalue weighted by Crippen LogP contribution is -2.06. The van der Waals surface area contributed by atoms with Crippen molar-refractivity contribution in [2.75, 3.05) is 0 Å². The van der Waals surface area contributed by atoms with Gasteiger partial charge in [-0.2, -0.15) is 0 Å². The minimum atomic E-state index is -0.218. The van der Waals surface area contributed by atoms with Gasteiger partial charge in [0.2, 0.25) is 0 Å². The second kappa shape index (κ2) is 38.6. The van der Waals surface area contributed by atoms with Gasteiger partial charge in [-0.25, -0.2) is 69.8 Å². The molecule has 0 saturated carbocycles. The third kappa shape index (κ3) is 18.5. The van der Waals surface area contributed by atoms with Crippen LogP contribution in [0.5, 0.6) is 93.0 Å². The van der Waals surface area contributed by atoms with Crippen molar-refractivity contribution in [1.29, 1.82) is 0 Å². The Kier molecular flexibility index (Phi) is 26.6. The molecule has 0 fully saturated rings. The van der Waals surface area contributed by atoms with Crippen molar-refractivity contribution in [2.24, 2.45) is 0 Å². The van der Waals surface area contributed by atoms with Crippen LogP contribution in [-0.2, 0) is 13.2 Å². The number of aromatic nitrogens is 16. The van der Waals surface area contributed by atoms with E-state index in [1.165, 1.54) is 0 Å². The molecule has 0 saturated heterocycles. The van der Waals surface area contributed by atoms with Gasteiger partial charge in [-0.3, -0.25) is 0 Å². The number of fused-ring (bicyclic) bond motifs is 20. The maximum Gasteiger partial charge on any atom is 0.284 e. The van der Waals surface area contributed by atoms with Crippen LogP contribution < -0.4 is 37.9 Å². The predicted molar refractivity (Wildman–Crippen MR) is 531 cm³/mol. The number of hydrogen-bond acceptors (Lipinski definition) is 24. The molecule has 26 heteroatoms. The normalized spacial score (nSPS) is 12.2. The lowest BCUT2D eigenvalue weighted by molar-refractivity contribution is 0.281. The first-order valence-electron chi connectivity index (χ1n) is 47.3. The van der Waals surface area contributed by atoms with Gasteiger partial charge in [-0.05, 0) is 173 Å². The fourth-order valence-electron chi connectivity index (χ4n) is 17.1. The molecule has 2 aliphatic rings. The van der Waals surface area contributed by atoms with Gasteiger partial charge in [0.1, 0.15) is 90.8 Å². The summed E-state index contributed by atoms with van der Waals surface area (Å²) < 4.78 is 58.4. The van der Waals surface area contributed by atoms with E-state index in [2.05, 4.69) is 273 Å². The largest absolute Gasteiger partial charge is 0.435 e. The van der Waals surface area contributed by atoms with Crippen LogP contribution >= 0.6 is 0 Å². The van der Waals surface area contributed by atoms with Crippen molar-refractivity contribution in [3.05, 3.63) is 236 Å². The molecular formula is C110H118N16O10. The van der Waals surface area contributed by atoms with Gasteiger partial charge in [0, 0.05) is 0 Å². The fraction of sp³-hybridized carbons (Fsp3) is 0.345. The second-order valence-corrected chi connectivity index (χ2v) is 38.6. The Morgan fingerprint density at radius 1 is 0.199 bits per heavy atom. The number of benzene rings is 8. The third-order valence-corrected chi connectivity index (χ3v) is 24.6. The number of nitrogens with one attached hydrogen (secondary N) is 2. The molecule has 0 radical (unpaired) electrons. The molecule has 136 heavy (non-hydrogen) atoms. The van der Waals surface area contributed by atoms with Crippen LogP contribution in [-0.4, -0.2) is 90.0 Å². The molecule has 26 nitrogen and oxygen atoms in total. The Labute approximate surface area is 793 Å². The zero-order chi connectivity index (χ0) is 96.3. The molecule has 0 spiro atoms. The maximum atomic E-state index is 10.3. The molecule has 4 N–H and O–H groups in total. The van der Waals surface area contributed by atoms with E-state index in [9.17, 15) is 10.2 Å². The van der Waals surface area contributed by atoms with Crippen molar-refractivity contribution >= 4 is 44.7 Å². The molecule has 8 bridgehead atoms. The van der Waals surface area contributed by atoms with E-state index in [-0.39, 0.29) is 222 Å². The summed E-state index contributed by atoms with van der Waals surface area (Å²) >= 11 is 0. The van der Waals surface area contributed by atoms with E-state index in [1.807, 2.05) is 12.1 Å². The number of aliphatic hydroxyl groups excluding tert-OH is 2. The van der Waals surface area contributed by atoms with Gasteiger partial charge in [0.15, 0.2) is 45.9 Å². The highest BCUT2D eigenvalue weighted by molar-refractivity contribution is 6.02. The van der Waals surface area contributed by atoms with E-state index in [4.69, 9.17) is 108 Å². The van der Waals surface area contributed by atoms with E-state index in [0.717, 1.165) is 66.8 Å². The summed E-state index contributed by atoms with van der Waals surface area (Å²) in [6, 6.07) is 50.9. The van der Waals surface area contributed by atoms with E-state index < -0.39 is 0 Å². The Bertz CT molecular complexity index is 6680. The quantitative estimate of drug-likeness (QED) is 0.0325. The average Bonchev–Trinajstić information content (AvgIpc) is 1.58. The van der Waals surface area contributed by atoms with Gasteiger partial charge in [0.25, 0.3) is 47.0 Å². The lowest BCUT2D eigenvalue weighted by Gasteiger charge is -2.22. The van der Waals surface area contributed by atoms with Crippen molar-refractivity contribution < 1.29 is 48.1 Å². The molecule has 0 atom stereocenters. The average molecular weight is 1820 g/mol. The Morgan fingerprint density at radius 2 is 0.360 bits per heavy atom. The summed E-state index contributed by atoms with van der Waals surface area (Å²) in [5.74, 6) is 3.55. The number of para-hydroxylation sites is 6. The Morgan fingerprint density at radius 3 is 0.522 bits per heavy atom. The Hall–Kier alpha value is -14.2. The molecule has 8 aromatic carbocycles. The van der Waals surface area contributed by atoms with Gasteiger partial charge < -0.3 is 58.1 Å².